The van der Waals surface area contributed by atoms with E-state index >= 15 is 0 Å². The van der Waals surface area contributed by atoms with Crippen LogP contribution in [0.25, 0.3) is 0 Å². The lowest BCUT2D eigenvalue weighted by molar-refractivity contribution is -0.138. The number of alkyl halides is 3. The minimum atomic E-state index is -4.66. The van der Waals surface area contributed by atoms with E-state index in [0.29, 0.717) is 24.8 Å². The molecular weight excluding hydrogens is 483 g/mol. The lowest BCUT2D eigenvalue weighted by Gasteiger charge is -2.22. The monoisotopic (exact) mass is 507 g/mol. The summed E-state index contributed by atoms with van der Waals surface area (Å²) < 4.78 is 70.8. The van der Waals surface area contributed by atoms with Crippen LogP contribution in [0.15, 0.2) is 88.7 Å². The molecule has 0 bridgehead atoms. The summed E-state index contributed by atoms with van der Waals surface area (Å²) in [6, 6.07) is 18.3. The third kappa shape index (κ3) is 7.06. The second kappa shape index (κ2) is 10.9. The van der Waals surface area contributed by atoms with E-state index in [0.717, 1.165) is 23.8 Å². The maximum atomic E-state index is 13.0. The van der Waals surface area contributed by atoms with Crippen molar-refractivity contribution in [1.29, 1.82) is 0 Å². The molecule has 3 aromatic rings. The van der Waals surface area contributed by atoms with Crippen molar-refractivity contribution in [3.05, 3.63) is 90.0 Å². The molecule has 6 nitrogen and oxygen atoms in total. The van der Waals surface area contributed by atoms with Crippen molar-refractivity contribution in [2.75, 3.05) is 20.1 Å². The fraction of sp³-hybridized carbons (Fsp3) is 0.240. The third-order valence-electron chi connectivity index (χ3n) is 5.23. The number of rotatable bonds is 10. The molecule has 186 valence electrons. The Balaban J connectivity index is 1.80. The molecule has 0 saturated heterocycles. The number of carbonyl (C=O) groups is 1. The van der Waals surface area contributed by atoms with Crippen LogP contribution in [-0.2, 0) is 20.8 Å². The van der Waals surface area contributed by atoms with Crippen LogP contribution in [0.1, 0.15) is 23.7 Å². The van der Waals surface area contributed by atoms with E-state index in [1.54, 1.807) is 11.9 Å². The molecule has 0 aliphatic carbocycles. The highest BCUT2D eigenvalue weighted by molar-refractivity contribution is 7.91. The fourth-order valence-corrected chi connectivity index (χ4v) is 4.75. The van der Waals surface area contributed by atoms with E-state index in [-0.39, 0.29) is 11.4 Å². The number of aliphatic carboxylic acids is 1. The zero-order chi connectivity index (χ0) is 25.6. The van der Waals surface area contributed by atoms with E-state index in [1.807, 2.05) is 30.3 Å². The average molecular weight is 508 g/mol. The van der Waals surface area contributed by atoms with Crippen molar-refractivity contribution in [1.82, 2.24) is 4.90 Å². The van der Waals surface area contributed by atoms with Gasteiger partial charge in [0.25, 0.3) is 0 Å². The number of halogens is 3. The number of hydrogen-bond acceptors (Lipinski definition) is 5. The summed E-state index contributed by atoms with van der Waals surface area (Å²) in [6.45, 7) is 0.317. The van der Waals surface area contributed by atoms with Crippen LogP contribution in [-0.4, -0.2) is 44.5 Å². The van der Waals surface area contributed by atoms with Gasteiger partial charge in [-0.15, -0.1) is 0 Å². The number of likely N-dealkylation sites (N-methyl/N-ethyl adjacent to an activating group) is 1. The van der Waals surface area contributed by atoms with Gasteiger partial charge in [-0.05, 0) is 55.1 Å². The molecule has 0 aromatic heterocycles. The highest BCUT2D eigenvalue weighted by Gasteiger charge is 2.32. The summed E-state index contributed by atoms with van der Waals surface area (Å²) in [5.41, 5.74) is -0.186. The van der Waals surface area contributed by atoms with Crippen molar-refractivity contribution in [2.45, 2.75) is 28.5 Å². The summed E-state index contributed by atoms with van der Waals surface area (Å²) in [5.74, 6) is -0.579. The number of benzene rings is 3. The lowest BCUT2D eigenvalue weighted by atomic mass is 10.1. The summed E-state index contributed by atoms with van der Waals surface area (Å²) >= 11 is 0. The first kappa shape index (κ1) is 26.2. The Kier molecular flexibility index (Phi) is 8.18. The second-order valence-electron chi connectivity index (χ2n) is 7.94. The molecule has 0 amide bonds. The third-order valence-corrected chi connectivity index (χ3v) is 7.00. The van der Waals surface area contributed by atoms with Crippen LogP contribution in [0.2, 0.25) is 0 Å². The molecule has 0 spiro atoms. The minimum absolute atomic E-state index is 0.121. The number of hydrogen-bond donors (Lipinski definition) is 1. The quantitative estimate of drug-likeness (QED) is 0.413. The Bertz CT molecular complexity index is 1250. The molecule has 1 atom stereocenters. The van der Waals surface area contributed by atoms with Gasteiger partial charge in [-0.3, -0.25) is 9.69 Å². The van der Waals surface area contributed by atoms with Gasteiger partial charge in [0.15, 0.2) is 0 Å². The van der Waals surface area contributed by atoms with Gasteiger partial charge in [0, 0.05) is 13.0 Å². The zero-order valence-electron chi connectivity index (χ0n) is 18.8. The van der Waals surface area contributed by atoms with Crippen molar-refractivity contribution < 1.29 is 36.2 Å². The minimum Gasteiger partial charge on any atom is -0.486 e. The van der Waals surface area contributed by atoms with Crippen molar-refractivity contribution >= 4 is 15.8 Å². The summed E-state index contributed by atoms with van der Waals surface area (Å²) in [6.07, 6.45) is -4.62. The maximum Gasteiger partial charge on any atom is 0.416 e. The number of nitrogens with zero attached hydrogens (tertiary/aromatic N) is 1. The van der Waals surface area contributed by atoms with Crippen molar-refractivity contribution in [3.8, 4) is 5.75 Å². The summed E-state index contributed by atoms with van der Waals surface area (Å²) in [5, 5.41) is 8.95. The van der Waals surface area contributed by atoms with E-state index < -0.39 is 38.5 Å². The Morgan fingerprint density at radius 1 is 0.971 bits per heavy atom. The molecule has 10 heteroatoms. The molecule has 3 aromatic carbocycles. The average Bonchev–Trinajstić information content (AvgIpc) is 2.81. The Morgan fingerprint density at radius 2 is 1.63 bits per heavy atom. The van der Waals surface area contributed by atoms with Crippen LogP contribution in [0.4, 0.5) is 13.2 Å². The molecule has 0 saturated carbocycles. The van der Waals surface area contributed by atoms with E-state index in [9.17, 15) is 26.4 Å². The van der Waals surface area contributed by atoms with Crippen LogP contribution >= 0.6 is 0 Å². The molecule has 3 rings (SSSR count). The van der Waals surface area contributed by atoms with Gasteiger partial charge in [0.2, 0.25) is 9.84 Å². The van der Waals surface area contributed by atoms with Crippen LogP contribution < -0.4 is 4.74 Å². The van der Waals surface area contributed by atoms with E-state index in [4.69, 9.17) is 9.84 Å². The SMILES string of the molecule is CN(CCC(Oc1ccc(S(=O)(=O)c2cccc(C(F)(F)F)c2)cc1)c1ccccc1)CC(=O)O. The van der Waals surface area contributed by atoms with Gasteiger partial charge >= 0.3 is 12.1 Å². The molecule has 0 aliphatic heterocycles. The van der Waals surface area contributed by atoms with Crippen molar-refractivity contribution in [3.63, 3.8) is 0 Å². The molecular formula is C25H24F3NO5S. The molecule has 1 unspecified atom stereocenters. The predicted molar refractivity (Wildman–Crippen MR) is 123 cm³/mol. The normalized spacial score (nSPS) is 12.9. The molecule has 0 fully saturated rings. The number of carboxylic acids is 1. The standard InChI is InChI=1S/C25H24F3NO5S/c1-29(17-24(30)31)15-14-23(18-6-3-2-4-7-18)34-20-10-12-21(13-11-20)35(32,33)22-9-5-8-19(16-22)25(26,27)28/h2-13,16,23H,14-15,17H2,1H3,(H,30,31). The Labute approximate surface area is 201 Å². The van der Waals surface area contributed by atoms with Gasteiger partial charge in [-0.2, -0.15) is 13.2 Å². The second-order valence-corrected chi connectivity index (χ2v) is 9.89. The lowest BCUT2D eigenvalue weighted by Crippen LogP contribution is -2.28. The first-order chi connectivity index (χ1) is 16.5. The van der Waals surface area contributed by atoms with Gasteiger partial charge in [-0.1, -0.05) is 36.4 Å². The predicted octanol–water partition coefficient (Wildman–Crippen LogP) is 5.06. The van der Waals surface area contributed by atoms with Crippen molar-refractivity contribution in [2.24, 2.45) is 0 Å². The first-order valence-corrected chi connectivity index (χ1v) is 12.1. The van der Waals surface area contributed by atoms with E-state index in [2.05, 4.69) is 0 Å². The number of carboxylic acid groups (broad SMARTS) is 1. The fourth-order valence-electron chi connectivity index (χ4n) is 3.45. The molecule has 35 heavy (non-hydrogen) atoms. The molecule has 0 radical (unpaired) electrons. The van der Waals surface area contributed by atoms with Gasteiger partial charge in [0.1, 0.15) is 11.9 Å². The van der Waals surface area contributed by atoms with Crippen LogP contribution in [0.5, 0.6) is 5.75 Å². The van der Waals surface area contributed by atoms with Gasteiger partial charge in [-0.25, -0.2) is 8.42 Å². The molecule has 0 aliphatic rings. The van der Waals surface area contributed by atoms with Crippen LogP contribution in [0.3, 0.4) is 0 Å². The Morgan fingerprint density at radius 3 is 2.23 bits per heavy atom. The molecule has 0 heterocycles. The summed E-state index contributed by atoms with van der Waals surface area (Å²) in [4.78, 5) is 11.9. The van der Waals surface area contributed by atoms with Crippen LogP contribution in [0, 0.1) is 0 Å². The number of ether oxygens (including phenoxy) is 1. The van der Waals surface area contributed by atoms with Gasteiger partial charge < -0.3 is 9.84 Å². The zero-order valence-corrected chi connectivity index (χ0v) is 19.6. The highest BCUT2D eigenvalue weighted by Crippen LogP contribution is 2.33. The summed E-state index contributed by atoms with van der Waals surface area (Å²) in [7, 11) is -2.49. The van der Waals surface area contributed by atoms with Gasteiger partial charge in [0.05, 0.1) is 21.9 Å². The maximum absolute atomic E-state index is 13.0. The first-order valence-electron chi connectivity index (χ1n) is 10.6. The largest absolute Gasteiger partial charge is 0.486 e. The number of sulfone groups is 1. The smallest absolute Gasteiger partial charge is 0.416 e. The Hall–Kier alpha value is -3.37. The topological polar surface area (TPSA) is 83.9 Å². The molecule has 1 N–H and O–H groups in total. The van der Waals surface area contributed by atoms with E-state index in [1.165, 1.54) is 24.3 Å². The highest BCUT2D eigenvalue weighted by atomic mass is 32.2.